The van der Waals surface area contributed by atoms with E-state index in [0.717, 1.165) is 0 Å². The van der Waals surface area contributed by atoms with E-state index in [9.17, 15) is 9.59 Å². The quantitative estimate of drug-likeness (QED) is 0.605. The highest BCUT2D eigenvalue weighted by Crippen LogP contribution is 1.93. The van der Waals surface area contributed by atoms with Crippen LogP contribution in [0.2, 0.25) is 0 Å². The number of hydrogen-bond acceptors (Lipinski definition) is 2. The average Bonchev–Trinajstić information content (AvgIpc) is 2.04. The van der Waals surface area contributed by atoms with Gasteiger partial charge in [-0.3, -0.25) is 4.79 Å². The highest BCUT2D eigenvalue weighted by atomic mass is 16.4. The molecule has 0 aliphatic heterocycles. The molecule has 0 bridgehead atoms. The zero-order valence-electron chi connectivity index (χ0n) is 7.54. The van der Waals surface area contributed by atoms with Crippen LogP contribution in [0, 0.1) is 12.3 Å². The van der Waals surface area contributed by atoms with Crippen LogP contribution < -0.4 is 5.32 Å². The molecule has 0 aromatic rings. The zero-order chi connectivity index (χ0) is 10.3. The molecule has 13 heavy (non-hydrogen) atoms. The van der Waals surface area contributed by atoms with Crippen LogP contribution in [0.1, 0.15) is 26.2 Å². The molecule has 72 valence electrons. The van der Waals surface area contributed by atoms with Crippen molar-refractivity contribution in [2.24, 2.45) is 0 Å². The first-order valence-electron chi connectivity index (χ1n) is 4.07. The Morgan fingerprint density at radius 1 is 1.62 bits per heavy atom. The number of carboxylic acids is 1. The van der Waals surface area contributed by atoms with Crippen molar-refractivity contribution >= 4 is 11.9 Å². The van der Waals surface area contributed by atoms with E-state index in [-0.39, 0.29) is 12.3 Å². The molecule has 1 atom stereocenters. The maximum absolute atomic E-state index is 11.0. The second-order valence-electron chi connectivity index (χ2n) is 2.62. The van der Waals surface area contributed by atoms with E-state index in [1.807, 2.05) is 6.92 Å². The Hall–Kier alpha value is -1.50. The third-order valence-corrected chi connectivity index (χ3v) is 1.43. The summed E-state index contributed by atoms with van der Waals surface area (Å²) in [6, 6.07) is -0.955. The average molecular weight is 183 g/mol. The molecule has 0 fully saturated rings. The summed E-state index contributed by atoms with van der Waals surface area (Å²) in [6.45, 7) is 1.84. The van der Waals surface area contributed by atoms with Gasteiger partial charge in [-0.1, -0.05) is 6.92 Å². The number of amides is 1. The molecule has 0 rings (SSSR count). The highest BCUT2D eigenvalue weighted by Gasteiger charge is 2.17. The van der Waals surface area contributed by atoms with Gasteiger partial charge in [-0.2, -0.15) is 0 Å². The van der Waals surface area contributed by atoms with Crippen molar-refractivity contribution in [3.8, 4) is 12.3 Å². The number of carbonyl (C=O) groups is 2. The minimum atomic E-state index is -1.09. The Morgan fingerprint density at radius 3 is 2.62 bits per heavy atom. The van der Waals surface area contributed by atoms with Crippen molar-refractivity contribution in [3.63, 3.8) is 0 Å². The van der Waals surface area contributed by atoms with Gasteiger partial charge in [0.15, 0.2) is 0 Å². The second-order valence-corrected chi connectivity index (χ2v) is 2.62. The third kappa shape index (κ3) is 4.86. The first-order chi connectivity index (χ1) is 6.11. The van der Waals surface area contributed by atoms with Crippen LogP contribution in [-0.2, 0) is 9.59 Å². The van der Waals surface area contributed by atoms with Crippen LogP contribution >= 0.6 is 0 Å². The zero-order valence-corrected chi connectivity index (χ0v) is 7.54. The number of nitrogens with one attached hydrogen (secondary N) is 1. The van der Waals surface area contributed by atoms with Crippen molar-refractivity contribution in [2.75, 3.05) is 0 Å². The lowest BCUT2D eigenvalue weighted by atomic mass is 10.2. The van der Waals surface area contributed by atoms with E-state index in [1.165, 1.54) is 0 Å². The Balaban J connectivity index is 4.03. The molecule has 0 aliphatic rings. The Labute approximate surface area is 77.3 Å². The van der Waals surface area contributed by atoms with E-state index < -0.39 is 12.0 Å². The maximum atomic E-state index is 11.0. The largest absolute Gasteiger partial charge is 0.480 e. The Bertz CT molecular complexity index is 230. The molecule has 0 saturated carbocycles. The summed E-state index contributed by atoms with van der Waals surface area (Å²) in [5.74, 6) is 0.833. The summed E-state index contributed by atoms with van der Waals surface area (Å²) in [5, 5.41) is 10.9. The lowest BCUT2D eigenvalue weighted by molar-refractivity contribution is -0.141. The number of rotatable bonds is 5. The minimum Gasteiger partial charge on any atom is -0.480 e. The van der Waals surface area contributed by atoms with Gasteiger partial charge in [0.2, 0.25) is 5.91 Å². The van der Waals surface area contributed by atoms with Gasteiger partial charge in [0.05, 0.1) is 0 Å². The summed E-state index contributed by atoms with van der Waals surface area (Å²) >= 11 is 0. The summed E-state index contributed by atoms with van der Waals surface area (Å²) in [7, 11) is 0. The van der Waals surface area contributed by atoms with E-state index in [2.05, 4.69) is 11.2 Å². The fraction of sp³-hybridized carbons (Fsp3) is 0.556. The molecule has 2 N–H and O–H groups in total. The fourth-order valence-corrected chi connectivity index (χ4v) is 0.811. The molecule has 4 nitrogen and oxygen atoms in total. The number of terminal acetylenes is 1. The van der Waals surface area contributed by atoms with Crippen molar-refractivity contribution in [3.05, 3.63) is 0 Å². The molecule has 1 unspecified atom stereocenters. The molecule has 0 spiro atoms. The van der Waals surface area contributed by atoms with Gasteiger partial charge in [-0.05, 0) is 6.42 Å². The molecule has 0 aromatic carbocycles. The van der Waals surface area contributed by atoms with E-state index >= 15 is 0 Å². The number of carboxylic acid groups (broad SMARTS) is 1. The van der Waals surface area contributed by atoms with Gasteiger partial charge >= 0.3 is 5.97 Å². The smallest absolute Gasteiger partial charge is 0.327 e. The minimum absolute atomic E-state index is 0.0186. The molecular weight excluding hydrogens is 170 g/mol. The fourth-order valence-electron chi connectivity index (χ4n) is 0.811. The summed E-state index contributed by atoms with van der Waals surface area (Å²) in [5.41, 5.74) is 0. The molecule has 0 saturated heterocycles. The Kier molecular flexibility index (Phi) is 5.37. The Morgan fingerprint density at radius 2 is 2.23 bits per heavy atom. The van der Waals surface area contributed by atoms with E-state index in [1.54, 1.807) is 0 Å². The van der Waals surface area contributed by atoms with Crippen LogP contribution in [0.15, 0.2) is 0 Å². The van der Waals surface area contributed by atoms with Crippen molar-refractivity contribution < 1.29 is 14.7 Å². The van der Waals surface area contributed by atoms with Gasteiger partial charge in [0, 0.05) is 12.8 Å². The van der Waals surface area contributed by atoms with Gasteiger partial charge in [-0.15, -0.1) is 12.3 Å². The molecule has 4 heteroatoms. The number of carbonyl (C=O) groups excluding carboxylic acids is 1. The topological polar surface area (TPSA) is 66.4 Å². The van der Waals surface area contributed by atoms with Gasteiger partial charge in [-0.25, -0.2) is 4.79 Å². The number of aliphatic carboxylic acids is 1. The maximum Gasteiger partial charge on any atom is 0.327 e. The predicted octanol–water partition coefficient (Wildman–Crippen LogP) is 0.379. The first kappa shape index (κ1) is 11.5. The standard InChI is InChI=1S/C9H13NO3/c1-3-5-7(9(12)13)10-8(11)6-4-2/h1,7H,4-6H2,2H3,(H,10,11)(H,12,13). The van der Waals surface area contributed by atoms with E-state index in [4.69, 9.17) is 11.5 Å². The lowest BCUT2D eigenvalue weighted by Gasteiger charge is -2.10. The van der Waals surface area contributed by atoms with Gasteiger partial charge in [0.1, 0.15) is 6.04 Å². The van der Waals surface area contributed by atoms with Crippen LogP contribution in [-0.4, -0.2) is 23.0 Å². The normalized spacial score (nSPS) is 11.4. The van der Waals surface area contributed by atoms with E-state index in [0.29, 0.717) is 12.8 Å². The van der Waals surface area contributed by atoms with Crippen LogP contribution in [0.5, 0.6) is 0 Å². The monoisotopic (exact) mass is 183 g/mol. The first-order valence-corrected chi connectivity index (χ1v) is 4.07. The molecule has 0 aliphatic carbocycles. The molecule has 0 aromatic heterocycles. The summed E-state index contributed by atoms with van der Waals surface area (Å²) in [4.78, 5) is 21.5. The predicted molar refractivity (Wildman–Crippen MR) is 47.9 cm³/mol. The van der Waals surface area contributed by atoms with Gasteiger partial charge < -0.3 is 10.4 Å². The molecule has 1 amide bonds. The van der Waals surface area contributed by atoms with Crippen LogP contribution in [0.25, 0.3) is 0 Å². The van der Waals surface area contributed by atoms with Crippen molar-refractivity contribution in [2.45, 2.75) is 32.2 Å². The molecule has 0 heterocycles. The van der Waals surface area contributed by atoms with Crippen LogP contribution in [0.4, 0.5) is 0 Å². The number of hydrogen-bond donors (Lipinski definition) is 2. The second kappa shape index (κ2) is 6.06. The molecule has 0 radical (unpaired) electrons. The lowest BCUT2D eigenvalue weighted by Crippen LogP contribution is -2.40. The summed E-state index contributed by atoms with van der Waals surface area (Å²) < 4.78 is 0. The van der Waals surface area contributed by atoms with Gasteiger partial charge in [0.25, 0.3) is 0 Å². The summed E-state index contributed by atoms with van der Waals surface area (Å²) in [6.07, 6.45) is 5.99. The molecular formula is C9H13NO3. The third-order valence-electron chi connectivity index (χ3n) is 1.43. The SMILES string of the molecule is C#CCC(NC(=O)CCC)C(=O)O. The van der Waals surface area contributed by atoms with Crippen molar-refractivity contribution in [1.82, 2.24) is 5.32 Å². The highest BCUT2D eigenvalue weighted by molar-refractivity contribution is 5.83. The van der Waals surface area contributed by atoms with Crippen molar-refractivity contribution in [1.29, 1.82) is 0 Å². The van der Waals surface area contributed by atoms with Crippen LogP contribution in [0.3, 0.4) is 0 Å².